The van der Waals surface area contributed by atoms with Crippen molar-refractivity contribution in [2.45, 2.75) is 70.6 Å². The summed E-state index contributed by atoms with van der Waals surface area (Å²) in [5, 5.41) is 19.9. The monoisotopic (exact) mass is 1700 g/mol. The first-order chi connectivity index (χ1) is 55.1. The Morgan fingerprint density at radius 3 is 1.32 bits per heavy atom. The smallest absolute Gasteiger partial charge is 0.292 e. The predicted octanol–water partition coefficient (Wildman–Crippen LogP) is 13.2. The van der Waals surface area contributed by atoms with Crippen LogP contribution in [0.15, 0.2) is 139 Å². The first-order valence-corrected chi connectivity index (χ1v) is 41.5. The second kappa shape index (κ2) is 40.9. The van der Waals surface area contributed by atoms with E-state index in [2.05, 4.69) is 75.8 Å². The highest BCUT2D eigenvalue weighted by Gasteiger charge is 2.24. The highest BCUT2D eigenvalue weighted by atomic mass is 35.5. The number of piperidine rings is 1. The van der Waals surface area contributed by atoms with Crippen LogP contribution in [0.4, 0.5) is 24.1 Å². The van der Waals surface area contributed by atoms with Crippen molar-refractivity contribution < 1.29 is 41.6 Å². The maximum atomic E-state index is 12.4. The molecule has 598 valence electrons. The van der Waals surface area contributed by atoms with E-state index in [0.29, 0.717) is 43.5 Å². The number of aromatic nitrogens is 8. The minimum absolute atomic E-state index is 0.0226. The molecule has 3 fully saturated rings. The number of rotatable bonds is 28. The zero-order valence-corrected chi connectivity index (χ0v) is 69.0. The lowest BCUT2D eigenvalue weighted by Crippen LogP contribution is -2.42. The molecule has 0 radical (unpaired) electrons. The molecule has 0 saturated carbocycles. The number of nitrogens with one attached hydrogen (secondary N) is 3. The fourth-order valence-corrected chi connectivity index (χ4v) is 16.6. The van der Waals surface area contributed by atoms with E-state index in [1.807, 2.05) is 99.6 Å². The van der Waals surface area contributed by atoms with Crippen LogP contribution in [0.2, 0.25) is 20.1 Å². The number of carbonyl (C=O) groups is 4. The molecule has 28 nitrogen and oxygen atoms in total. The predicted molar refractivity (Wildman–Crippen MR) is 448 cm³/mol. The number of anilines is 4. The third-order valence-electron chi connectivity index (χ3n) is 18.6. The number of piperazine rings is 2. The number of ether oxygens (including phenoxy) is 1. The van der Waals surface area contributed by atoms with Crippen LogP contribution < -0.4 is 43.6 Å². The van der Waals surface area contributed by atoms with Gasteiger partial charge in [0.2, 0.25) is 0 Å². The number of nitrogens with zero attached hydrogens (tertiary/aromatic N) is 12. The summed E-state index contributed by atoms with van der Waals surface area (Å²) < 4.78 is 25.3. The number of halogens is 4. The standard InChI is InChI=1S/C21H24ClN5O2S.2C19H20ClN5O2S.C19H21ClN4O3S/c1-24-15-4-6-27(7-5-15)11-20-25-10-19(30-20)13-2-3-16(22)14(8-13)9-18(28)17-12-29-21(23)26-17;20-15-2-1-12(7-13(15)8-17(26)16-10-27-19(21)24-16)18-23-14(11-28-18)9-25-5-3-22-4-6-25;20-14-2-1-12(7-13(14)8-16(26)15-11-27-19(21)24-15)17-9-23-18(28-17)10-25-5-3-22-4-6-25;1-24(2)6-3-7-26-19-23-16(11-28-19)12-4-5-14(20)13(8-12)9-17(25)15-10-27-18(21)22-15/h2-3,8,10,12,15,24H,4-7,9,11H2,1H3,(H2,23,26);1-2,7,10-11,22H,3-6,8-9H2,(H2,21,24);1-2,7,9,11,22H,3-6,8,10H2,(H2,21,24);4-5,8,10-11H,3,6-7,9H2,1-2H3,(H2,21,22). The minimum Gasteiger partial charge on any atom is -0.470 e. The summed E-state index contributed by atoms with van der Waals surface area (Å²) in [7, 11) is 6.09. The Balaban J connectivity index is 0.000000141. The number of likely N-dealkylation sites (tertiary alicyclic amines) is 1. The molecule has 8 aromatic heterocycles. The summed E-state index contributed by atoms with van der Waals surface area (Å²) in [6, 6.07) is 23.1. The average molecular weight is 1700 g/mol. The molecule has 0 bridgehead atoms. The fraction of sp³-hybridized carbons (Fsp3) is 0.333. The van der Waals surface area contributed by atoms with Crippen molar-refractivity contribution in [2.24, 2.45) is 0 Å². The van der Waals surface area contributed by atoms with E-state index in [1.165, 1.54) is 49.2 Å². The van der Waals surface area contributed by atoms with Gasteiger partial charge >= 0.3 is 0 Å². The van der Waals surface area contributed by atoms with Crippen molar-refractivity contribution in [3.63, 3.8) is 0 Å². The van der Waals surface area contributed by atoms with Crippen LogP contribution in [0, 0.1) is 0 Å². The number of Topliss-reactive ketones (excluding diaryl/α,β-unsaturated/α-hetero) is 4. The Kier molecular flexibility index (Phi) is 30.2. The maximum Gasteiger partial charge on any atom is 0.292 e. The molecule has 36 heteroatoms. The fourth-order valence-electron chi connectivity index (χ4n) is 12.4. The number of hydrogen-bond donors (Lipinski definition) is 7. The summed E-state index contributed by atoms with van der Waals surface area (Å²) in [5.41, 5.74) is 31.1. The molecule has 4 aromatic carbocycles. The van der Waals surface area contributed by atoms with Crippen molar-refractivity contribution >= 4 is 139 Å². The molecule has 3 saturated heterocycles. The average Bonchev–Trinajstić information content (AvgIpc) is 1.66. The number of ketones is 4. The van der Waals surface area contributed by atoms with Crippen LogP contribution in [-0.4, -0.2) is 188 Å². The molecule has 15 rings (SSSR count). The number of thiazole rings is 4. The van der Waals surface area contributed by atoms with E-state index < -0.39 is 0 Å². The van der Waals surface area contributed by atoms with E-state index in [9.17, 15) is 19.2 Å². The molecule has 114 heavy (non-hydrogen) atoms. The number of benzene rings is 4. The molecule has 0 atom stereocenters. The minimum atomic E-state index is -0.220. The van der Waals surface area contributed by atoms with Gasteiger partial charge in [-0.2, -0.15) is 19.9 Å². The van der Waals surface area contributed by atoms with Gasteiger partial charge in [0, 0.05) is 165 Å². The van der Waals surface area contributed by atoms with E-state index in [0.717, 1.165) is 173 Å². The molecule has 12 aromatic rings. The van der Waals surface area contributed by atoms with Gasteiger partial charge in [-0.05, 0) is 122 Å². The van der Waals surface area contributed by atoms with Gasteiger partial charge in [0.15, 0.2) is 23.1 Å². The zero-order valence-electron chi connectivity index (χ0n) is 62.7. The normalized spacial score (nSPS) is 14.2. The number of oxazole rings is 4. The Bertz CT molecular complexity index is 5050. The maximum absolute atomic E-state index is 12.4. The summed E-state index contributed by atoms with van der Waals surface area (Å²) in [6.45, 7) is 14.5. The molecular formula is C78H85Cl4N19O9S4. The second-order valence-electron chi connectivity index (χ2n) is 27.2. The molecule has 3 aliphatic rings. The van der Waals surface area contributed by atoms with Gasteiger partial charge < -0.3 is 66.2 Å². The van der Waals surface area contributed by atoms with Gasteiger partial charge in [0.05, 0.1) is 40.8 Å². The zero-order chi connectivity index (χ0) is 80.2. The van der Waals surface area contributed by atoms with Crippen LogP contribution in [0.1, 0.15) is 99.2 Å². The Hall–Kier alpha value is -9.20. The van der Waals surface area contributed by atoms with Crippen LogP contribution in [0.3, 0.4) is 0 Å². The van der Waals surface area contributed by atoms with E-state index >= 15 is 0 Å². The van der Waals surface area contributed by atoms with Crippen molar-refractivity contribution in [1.29, 1.82) is 0 Å². The van der Waals surface area contributed by atoms with Gasteiger partial charge in [-0.15, -0.1) is 34.0 Å². The molecule has 0 spiro atoms. The molecule has 11 heterocycles. The van der Waals surface area contributed by atoms with Gasteiger partial charge in [0.1, 0.15) is 62.9 Å². The first kappa shape index (κ1) is 84.2. The lowest BCUT2D eigenvalue weighted by atomic mass is 10.0. The second-order valence-corrected chi connectivity index (χ2v) is 32.7. The summed E-state index contributed by atoms with van der Waals surface area (Å²) in [5.74, 6) is -0.798. The van der Waals surface area contributed by atoms with Crippen LogP contribution in [-0.2, 0) is 45.3 Å². The van der Waals surface area contributed by atoms with Crippen LogP contribution in [0.25, 0.3) is 42.7 Å². The van der Waals surface area contributed by atoms with Gasteiger partial charge in [-0.3, -0.25) is 33.9 Å². The molecule has 3 aliphatic heterocycles. The molecule has 0 amide bonds. The van der Waals surface area contributed by atoms with Crippen molar-refractivity contribution in [2.75, 3.05) is 123 Å². The number of nitrogen functional groups attached to an aromatic ring is 4. The summed E-state index contributed by atoms with van der Waals surface area (Å²) in [6.07, 6.45) is 12.6. The quantitative estimate of drug-likeness (QED) is 0.0177. The third-order valence-corrected chi connectivity index (χ3v) is 23.8. The molecular weight excluding hydrogens is 1620 g/mol. The molecule has 0 unspecified atom stereocenters. The van der Waals surface area contributed by atoms with Gasteiger partial charge in [0.25, 0.3) is 29.3 Å². The summed E-state index contributed by atoms with van der Waals surface area (Å²) >= 11 is 31.6. The number of hydrogen-bond acceptors (Lipinski definition) is 32. The highest BCUT2D eigenvalue weighted by molar-refractivity contribution is 7.15. The van der Waals surface area contributed by atoms with Crippen LogP contribution >= 0.6 is 91.8 Å². The highest BCUT2D eigenvalue weighted by Crippen LogP contribution is 2.36. The van der Waals surface area contributed by atoms with Crippen LogP contribution in [0.5, 0.6) is 5.19 Å². The summed E-state index contributed by atoms with van der Waals surface area (Å²) in [4.78, 5) is 95.0. The number of nitrogens with two attached hydrogens (primary N) is 4. The van der Waals surface area contributed by atoms with Gasteiger partial charge in [-0.25, -0.2) is 19.9 Å². The third kappa shape index (κ3) is 24.2. The lowest BCUT2D eigenvalue weighted by Gasteiger charge is -2.31. The first-order valence-electron chi connectivity index (χ1n) is 36.5. The Morgan fingerprint density at radius 2 is 0.912 bits per heavy atom. The van der Waals surface area contributed by atoms with E-state index in [4.69, 9.17) is 96.7 Å². The Labute approximate surface area is 694 Å². The number of carbonyl (C=O) groups excluding carboxylic acids is 4. The van der Waals surface area contributed by atoms with E-state index in [-0.39, 0.29) is 95.7 Å². The topological polar surface area (TPSA) is 386 Å². The largest absolute Gasteiger partial charge is 0.470 e. The molecule has 0 aliphatic carbocycles. The SMILES string of the molecule is CN(C)CCCOc1nc(-c2ccc(Cl)c(CC(=O)c3coc(N)n3)c2)cs1.CNC1CCN(Cc2ncc(-c3ccc(Cl)c(CC(=O)c4coc(N)n4)c3)s2)CC1.Nc1nc(C(=O)Cc2cc(-c3cnc(CN4CCNCC4)s3)ccc2Cl)co1.Nc1nc(C(=O)Cc2cc(-c3nc(CN4CCNCC4)cs3)ccc2Cl)co1. The van der Waals surface area contributed by atoms with Crippen molar-refractivity contribution in [3.05, 3.63) is 202 Å². The van der Waals surface area contributed by atoms with Crippen molar-refractivity contribution in [1.82, 2.24) is 75.4 Å². The molecule has 11 N–H and O–H groups in total. The van der Waals surface area contributed by atoms with E-state index in [1.54, 1.807) is 46.1 Å². The lowest BCUT2D eigenvalue weighted by molar-refractivity contribution is 0.0980. The van der Waals surface area contributed by atoms with Crippen molar-refractivity contribution in [3.8, 4) is 47.9 Å². The van der Waals surface area contributed by atoms with Gasteiger partial charge in [-0.1, -0.05) is 82.0 Å². The Morgan fingerprint density at radius 1 is 0.518 bits per heavy atom.